The first kappa shape index (κ1) is 12.3. The molecular formula is C13H19N3S. The van der Waals surface area contributed by atoms with Gasteiger partial charge in [-0.05, 0) is 23.9 Å². The Hall–Kier alpha value is -1.13. The summed E-state index contributed by atoms with van der Waals surface area (Å²) in [5.74, 6) is 0.691. The maximum Gasteiger partial charge on any atom is 0.0752 e. The van der Waals surface area contributed by atoms with Crippen LogP contribution in [-0.4, -0.2) is 16.3 Å². The molecule has 0 saturated carbocycles. The largest absolute Gasteiger partial charge is 0.312 e. The van der Waals surface area contributed by atoms with Gasteiger partial charge in [-0.3, -0.25) is 4.68 Å². The SMILES string of the molecule is CC(C)CNCc1cnn(Cc2cccs2)c1. The van der Waals surface area contributed by atoms with Crippen molar-refractivity contribution in [3.8, 4) is 0 Å². The molecule has 2 rings (SSSR count). The molecule has 0 aromatic carbocycles. The Morgan fingerprint density at radius 1 is 1.47 bits per heavy atom. The van der Waals surface area contributed by atoms with Gasteiger partial charge in [0.15, 0.2) is 0 Å². The number of nitrogens with zero attached hydrogens (tertiary/aromatic N) is 2. The van der Waals surface area contributed by atoms with Crippen LogP contribution in [0, 0.1) is 5.92 Å². The molecule has 1 N–H and O–H groups in total. The fourth-order valence-corrected chi connectivity index (χ4v) is 2.35. The minimum Gasteiger partial charge on any atom is -0.312 e. The molecule has 4 heteroatoms. The van der Waals surface area contributed by atoms with Gasteiger partial charge in [-0.2, -0.15) is 5.10 Å². The van der Waals surface area contributed by atoms with E-state index in [4.69, 9.17) is 0 Å². The minimum atomic E-state index is 0.691. The van der Waals surface area contributed by atoms with Crippen LogP contribution >= 0.6 is 11.3 Å². The number of aromatic nitrogens is 2. The number of thiophene rings is 1. The van der Waals surface area contributed by atoms with E-state index in [2.05, 4.69) is 48.0 Å². The summed E-state index contributed by atoms with van der Waals surface area (Å²) in [6.45, 7) is 7.26. The number of rotatable bonds is 6. The van der Waals surface area contributed by atoms with Gasteiger partial charge in [0.25, 0.3) is 0 Å². The van der Waals surface area contributed by atoms with Crippen LogP contribution in [0.1, 0.15) is 24.3 Å². The highest BCUT2D eigenvalue weighted by atomic mass is 32.1. The van der Waals surface area contributed by atoms with Gasteiger partial charge in [0.05, 0.1) is 12.7 Å². The van der Waals surface area contributed by atoms with Gasteiger partial charge < -0.3 is 5.32 Å². The number of nitrogens with one attached hydrogen (secondary N) is 1. The zero-order valence-corrected chi connectivity index (χ0v) is 11.2. The monoisotopic (exact) mass is 249 g/mol. The van der Waals surface area contributed by atoms with E-state index in [0.29, 0.717) is 5.92 Å². The predicted molar refractivity (Wildman–Crippen MR) is 72.2 cm³/mol. The van der Waals surface area contributed by atoms with Crippen molar-refractivity contribution in [3.05, 3.63) is 40.3 Å². The first-order valence-corrected chi connectivity index (χ1v) is 6.86. The normalized spacial score (nSPS) is 11.2. The lowest BCUT2D eigenvalue weighted by Crippen LogP contribution is -2.18. The Morgan fingerprint density at radius 2 is 2.35 bits per heavy atom. The smallest absolute Gasteiger partial charge is 0.0752 e. The lowest BCUT2D eigenvalue weighted by atomic mass is 10.2. The van der Waals surface area contributed by atoms with Crippen LogP contribution in [0.2, 0.25) is 0 Å². The summed E-state index contributed by atoms with van der Waals surface area (Å²) < 4.78 is 2.00. The van der Waals surface area contributed by atoms with Gasteiger partial charge in [0.1, 0.15) is 0 Å². The molecule has 2 aromatic heterocycles. The van der Waals surface area contributed by atoms with Crippen LogP contribution in [0.5, 0.6) is 0 Å². The highest BCUT2D eigenvalue weighted by Gasteiger charge is 2.01. The summed E-state index contributed by atoms with van der Waals surface area (Å²) >= 11 is 1.77. The van der Waals surface area contributed by atoms with Gasteiger partial charge in [-0.15, -0.1) is 11.3 Å². The van der Waals surface area contributed by atoms with Crippen molar-refractivity contribution in [3.63, 3.8) is 0 Å². The van der Waals surface area contributed by atoms with E-state index in [1.165, 1.54) is 10.4 Å². The van der Waals surface area contributed by atoms with Gasteiger partial charge in [-0.1, -0.05) is 19.9 Å². The molecule has 0 unspecified atom stereocenters. The Bertz CT molecular complexity index is 431. The first-order valence-electron chi connectivity index (χ1n) is 5.98. The van der Waals surface area contributed by atoms with Crippen molar-refractivity contribution >= 4 is 11.3 Å². The molecule has 92 valence electrons. The van der Waals surface area contributed by atoms with E-state index in [-0.39, 0.29) is 0 Å². The van der Waals surface area contributed by atoms with Crippen molar-refractivity contribution in [2.45, 2.75) is 26.9 Å². The zero-order chi connectivity index (χ0) is 12.1. The molecule has 2 heterocycles. The van der Waals surface area contributed by atoms with E-state index < -0.39 is 0 Å². The molecule has 0 fully saturated rings. The fourth-order valence-electron chi connectivity index (χ4n) is 1.65. The molecule has 0 aliphatic carbocycles. The van der Waals surface area contributed by atoms with Crippen molar-refractivity contribution < 1.29 is 0 Å². The zero-order valence-electron chi connectivity index (χ0n) is 10.4. The van der Waals surface area contributed by atoms with Crippen molar-refractivity contribution in [1.82, 2.24) is 15.1 Å². The Kier molecular flexibility index (Phi) is 4.34. The maximum atomic E-state index is 4.37. The van der Waals surface area contributed by atoms with E-state index in [1.54, 1.807) is 11.3 Å². The summed E-state index contributed by atoms with van der Waals surface area (Å²) in [7, 11) is 0. The topological polar surface area (TPSA) is 29.9 Å². The number of hydrogen-bond acceptors (Lipinski definition) is 3. The average Bonchev–Trinajstić information content (AvgIpc) is 2.90. The van der Waals surface area contributed by atoms with Gasteiger partial charge >= 0.3 is 0 Å². The third kappa shape index (κ3) is 3.98. The Morgan fingerprint density at radius 3 is 3.06 bits per heavy atom. The molecule has 0 amide bonds. The summed E-state index contributed by atoms with van der Waals surface area (Å²) in [6.07, 6.45) is 4.06. The van der Waals surface area contributed by atoms with Crippen LogP contribution in [0.15, 0.2) is 29.9 Å². The molecule has 0 saturated heterocycles. The summed E-state index contributed by atoms with van der Waals surface area (Å²) in [6, 6.07) is 4.22. The van der Waals surface area contributed by atoms with Gasteiger partial charge in [-0.25, -0.2) is 0 Å². The fraction of sp³-hybridized carbons (Fsp3) is 0.462. The Labute approximate surface area is 106 Å². The van der Waals surface area contributed by atoms with Crippen LogP contribution in [0.4, 0.5) is 0 Å². The molecule has 0 aliphatic heterocycles. The van der Waals surface area contributed by atoms with E-state index in [9.17, 15) is 0 Å². The van der Waals surface area contributed by atoms with Crippen LogP contribution in [0.25, 0.3) is 0 Å². The molecular weight excluding hydrogens is 230 g/mol. The maximum absolute atomic E-state index is 4.37. The van der Waals surface area contributed by atoms with Crippen LogP contribution in [-0.2, 0) is 13.1 Å². The van der Waals surface area contributed by atoms with E-state index >= 15 is 0 Å². The second kappa shape index (κ2) is 5.98. The molecule has 3 nitrogen and oxygen atoms in total. The highest BCUT2D eigenvalue weighted by Crippen LogP contribution is 2.10. The van der Waals surface area contributed by atoms with Crippen molar-refractivity contribution in [2.75, 3.05) is 6.54 Å². The van der Waals surface area contributed by atoms with E-state index in [0.717, 1.165) is 19.6 Å². The minimum absolute atomic E-state index is 0.691. The average molecular weight is 249 g/mol. The molecule has 2 aromatic rings. The quantitative estimate of drug-likeness (QED) is 0.853. The molecule has 0 spiro atoms. The summed E-state index contributed by atoms with van der Waals surface area (Å²) in [5.41, 5.74) is 1.25. The molecule has 17 heavy (non-hydrogen) atoms. The summed E-state index contributed by atoms with van der Waals surface area (Å²) in [4.78, 5) is 1.34. The lowest BCUT2D eigenvalue weighted by molar-refractivity contribution is 0.552. The second-order valence-electron chi connectivity index (χ2n) is 4.65. The van der Waals surface area contributed by atoms with Gasteiger partial charge in [0.2, 0.25) is 0 Å². The third-order valence-corrected chi connectivity index (χ3v) is 3.33. The predicted octanol–water partition coefficient (Wildman–Crippen LogP) is 2.74. The first-order chi connectivity index (χ1) is 8.24. The Balaban J connectivity index is 1.83. The van der Waals surface area contributed by atoms with Crippen LogP contribution in [0.3, 0.4) is 0 Å². The van der Waals surface area contributed by atoms with Crippen LogP contribution < -0.4 is 5.32 Å². The molecule has 0 radical (unpaired) electrons. The van der Waals surface area contributed by atoms with Gasteiger partial charge in [0, 0.05) is 23.2 Å². The molecule has 0 aliphatic rings. The highest BCUT2D eigenvalue weighted by molar-refractivity contribution is 7.09. The van der Waals surface area contributed by atoms with Crippen molar-refractivity contribution in [2.24, 2.45) is 5.92 Å². The van der Waals surface area contributed by atoms with E-state index in [1.807, 2.05) is 10.9 Å². The third-order valence-electron chi connectivity index (χ3n) is 2.47. The standard InChI is InChI=1S/C13H19N3S/c1-11(2)6-14-7-12-8-15-16(9-12)10-13-4-3-5-17-13/h3-5,8-9,11,14H,6-7,10H2,1-2H3. The number of hydrogen-bond donors (Lipinski definition) is 1. The second-order valence-corrected chi connectivity index (χ2v) is 5.68. The summed E-state index contributed by atoms with van der Waals surface area (Å²) in [5, 5.41) is 9.90. The molecule has 0 atom stereocenters. The van der Waals surface area contributed by atoms with Crippen molar-refractivity contribution in [1.29, 1.82) is 0 Å². The lowest BCUT2D eigenvalue weighted by Gasteiger charge is -2.05. The molecule has 0 bridgehead atoms.